The lowest BCUT2D eigenvalue weighted by Crippen LogP contribution is -2.28. The Morgan fingerprint density at radius 3 is 2.70 bits per heavy atom. The molecule has 0 aliphatic carbocycles. The summed E-state index contributed by atoms with van der Waals surface area (Å²) in [7, 11) is 0. The molecule has 23 heavy (non-hydrogen) atoms. The van der Waals surface area contributed by atoms with E-state index in [2.05, 4.69) is 10.5 Å². The summed E-state index contributed by atoms with van der Waals surface area (Å²) in [5, 5.41) is 6.97. The largest absolute Gasteiger partial charge is 0.386 e. The first-order chi connectivity index (χ1) is 11.1. The summed E-state index contributed by atoms with van der Waals surface area (Å²) in [6.45, 7) is 0.270. The number of nitrogens with zero attached hydrogens (tertiary/aromatic N) is 1. The molecule has 4 nitrogen and oxygen atoms in total. The predicted octanol–water partition coefficient (Wildman–Crippen LogP) is 3.19. The fourth-order valence-electron chi connectivity index (χ4n) is 1.82. The fraction of sp³-hybridized carbons (Fsp3) is 0.176. The van der Waals surface area contributed by atoms with E-state index in [1.165, 1.54) is 12.3 Å². The average Bonchev–Trinajstić information content (AvgIpc) is 2.55. The molecule has 1 amide bonds. The predicted molar refractivity (Wildman–Crippen MR) is 88.1 cm³/mol. The van der Waals surface area contributed by atoms with Crippen molar-refractivity contribution in [1.82, 2.24) is 5.32 Å². The van der Waals surface area contributed by atoms with Crippen LogP contribution in [0.4, 0.5) is 4.39 Å². The van der Waals surface area contributed by atoms with Gasteiger partial charge in [-0.15, -0.1) is 0 Å². The minimum atomic E-state index is -0.396. The van der Waals surface area contributed by atoms with Crippen LogP contribution in [0.3, 0.4) is 0 Å². The summed E-state index contributed by atoms with van der Waals surface area (Å²) in [4.78, 5) is 16.4. The number of oxime groups is 1. The van der Waals surface area contributed by atoms with Crippen LogP contribution >= 0.6 is 11.6 Å². The van der Waals surface area contributed by atoms with Crippen LogP contribution in [0.5, 0.6) is 0 Å². The Labute approximate surface area is 138 Å². The highest BCUT2D eigenvalue weighted by molar-refractivity contribution is 6.30. The molecule has 120 valence electrons. The molecule has 0 saturated heterocycles. The third-order valence-electron chi connectivity index (χ3n) is 3.02. The molecule has 0 spiro atoms. The molecule has 0 unspecified atom stereocenters. The molecule has 0 saturated carbocycles. The van der Waals surface area contributed by atoms with Gasteiger partial charge in [0.25, 0.3) is 5.91 Å². The maximum absolute atomic E-state index is 13.3. The van der Waals surface area contributed by atoms with Gasteiger partial charge < -0.3 is 10.2 Å². The summed E-state index contributed by atoms with van der Waals surface area (Å²) in [6.07, 6.45) is 1.93. The van der Waals surface area contributed by atoms with Crippen LogP contribution in [-0.4, -0.2) is 25.3 Å². The second-order valence-corrected chi connectivity index (χ2v) is 5.19. The maximum atomic E-state index is 13.3. The quantitative estimate of drug-likeness (QED) is 0.624. The van der Waals surface area contributed by atoms with Crippen molar-refractivity contribution >= 4 is 23.7 Å². The van der Waals surface area contributed by atoms with Crippen LogP contribution in [0.15, 0.2) is 53.7 Å². The number of carbonyl (C=O) groups excluding carboxylic acids is 1. The Balaban J connectivity index is 1.65. The zero-order chi connectivity index (χ0) is 16.5. The molecule has 2 aromatic carbocycles. The summed E-state index contributed by atoms with van der Waals surface area (Å²) >= 11 is 5.80. The highest BCUT2D eigenvalue weighted by Gasteiger charge is 2.01. The summed E-state index contributed by atoms with van der Waals surface area (Å²) in [5.74, 6) is -0.683. The molecule has 2 aromatic rings. The second-order valence-electron chi connectivity index (χ2n) is 4.76. The van der Waals surface area contributed by atoms with Crippen LogP contribution < -0.4 is 5.32 Å². The third-order valence-corrected chi connectivity index (χ3v) is 3.27. The lowest BCUT2D eigenvalue weighted by molar-refractivity contribution is -0.125. The monoisotopic (exact) mass is 334 g/mol. The molecule has 0 aromatic heterocycles. The lowest BCUT2D eigenvalue weighted by atomic mass is 10.1. The van der Waals surface area contributed by atoms with Crippen LogP contribution in [0.2, 0.25) is 5.02 Å². The van der Waals surface area contributed by atoms with Gasteiger partial charge in [0, 0.05) is 17.1 Å². The van der Waals surface area contributed by atoms with Gasteiger partial charge in [0.15, 0.2) is 6.61 Å². The fourth-order valence-corrected chi connectivity index (χ4v) is 1.94. The van der Waals surface area contributed by atoms with Crippen LogP contribution in [0.1, 0.15) is 11.1 Å². The number of amides is 1. The van der Waals surface area contributed by atoms with Gasteiger partial charge in [-0.2, -0.15) is 0 Å². The van der Waals surface area contributed by atoms with Crippen molar-refractivity contribution in [2.24, 2.45) is 5.16 Å². The Bertz CT molecular complexity index is 675. The van der Waals surface area contributed by atoms with Gasteiger partial charge in [-0.25, -0.2) is 4.39 Å². The first-order valence-corrected chi connectivity index (χ1v) is 7.44. The highest BCUT2D eigenvalue weighted by Crippen LogP contribution is 2.09. The summed E-state index contributed by atoms with van der Waals surface area (Å²) in [5.41, 5.74) is 1.38. The summed E-state index contributed by atoms with van der Waals surface area (Å²) in [6, 6.07) is 13.6. The topological polar surface area (TPSA) is 50.7 Å². The SMILES string of the molecule is O=C(CO/N=C\c1ccccc1F)NCCc1ccc(Cl)cc1. The molecule has 0 aliphatic rings. The van der Waals surface area contributed by atoms with E-state index in [1.807, 2.05) is 12.1 Å². The normalized spacial score (nSPS) is 10.7. The Kier molecular flexibility index (Phi) is 6.56. The molecule has 2 rings (SSSR count). The first kappa shape index (κ1) is 17.0. The molecule has 0 radical (unpaired) electrons. The molecule has 0 atom stereocenters. The van der Waals surface area contributed by atoms with Crippen molar-refractivity contribution in [3.05, 3.63) is 70.5 Å². The molecule has 0 aliphatic heterocycles. The maximum Gasteiger partial charge on any atom is 0.260 e. The lowest BCUT2D eigenvalue weighted by Gasteiger charge is -2.04. The molecule has 0 fully saturated rings. The zero-order valence-electron chi connectivity index (χ0n) is 12.3. The Morgan fingerprint density at radius 2 is 1.96 bits per heavy atom. The Hall–Kier alpha value is -2.40. The average molecular weight is 335 g/mol. The molecular formula is C17H16ClFN2O2. The smallest absolute Gasteiger partial charge is 0.260 e. The van der Waals surface area contributed by atoms with E-state index in [-0.39, 0.29) is 12.5 Å². The van der Waals surface area contributed by atoms with Gasteiger partial charge in [-0.3, -0.25) is 4.79 Å². The molecule has 0 bridgehead atoms. The van der Waals surface area contributed by atoms with Crippen molar-refractivity contribution in [2.75, 3.05) is 13.2 Å². The van der Waals surface area contributed by atoms with Gasteiger partial charge >= 0.3 is 0 Å². The van der Waals surface area contributed by atoms with Gasteiger partial charge in [0.05, 0.1) is 6.21 Å². The van der Waals surface area contributed by atoms with E-state index in [0.717, 1.165) is 5.56 Å². The van der Waals surface area contributed by atoms with Crippen molar-refractivity contribution < 1.29 is 14.0 Å². The zero-order valence-corrected chi connectivity index (χ0v) is 13.1. The van der Waals surface area contributed by atoms with E-state index in [0.29, 0.717) is 23.6 Å². The van der Waals surface area contributed by atoms with Gasteiger partial charge in [-0.1, -0.05) is 47.1 Å². The first-order valence-electron chi connectivity index (χ1n) is 7.06. The van der Waals surface area contributed by atoms with Crippen molar-refractivity contribution in [3.63, 3.8) is 0 Å². The summed E-state index contributed by atoms with van der Waals surface area (Å²) < 4.78 is 13.3. The van der Waals surface area contributed by atoms with E-state index in [1.54, 1.807) is 30.3 Å². The van der Waals surface area contributed by atoms with Gasteiger partial charge in [-0.05, 0) is 30.2 Å². The third kappa shape index (κ3) is 6.08. The van der Waals surface area contributed by atoms with Gasteiger partial charge in [0.2, 0.25) is 0 Å². The van der Waals surface area contributed by atoms with E-state index in [4.69, 9.17) is 16.4 Å². The van der Waals surface area contributed by atoms with Gasteiger partial charge in [0.1, 0.15) is 5.82 Å². The number of rotatable bonds is 7. The van der Waals surface area contributed by atoms with E-state index < -0.39 is 5.82 Å². The van der Waals surface area contributed by atoms with Crippen molar-refractivity contribution in [3.8, 4) is 0 Å². The number of halogens is 2. The minimum absolute atomic E-state index is 0.217. The molecule has 6 heteroatoms. The van der Waals surface area contributed by atoms with Crippen LogP contribution in [0.25, 0.3) is 0 Å². The number of nitrogens with one attached hydrogen (secondary N) is 1. The van der Waals surface area contributed by atoms with Crippen molar-refractivity contribution in [2.45, 2.75) is 6.42 Å². The van der Waals surface area contributed by atoms with Crippen LogP contribution in [-0.2, 0) is 16.1 Å². The van der Waals surface area contributed by atoms with Crippen LogP contribution in [0, 0.1) is 5.82 Å². The number of benzene rings is 2. The van der Waals surface area contributed by atoms with E-state index in [9.17, 15) is 9.18 Å². The molecule has 0 heterocycles. The number of carbonyl (C=O) groups is 1. The standard InChI is InChI=1S/C17H16ClFN2O2/c18-15-7-5-13(6-8-15)9-10-20-17(22)12-23-21-11-14-3-1-2-4-16(14)19/h1-8,11H,9-10,12H2,(H,20,22)/b21-11-. The molecule has 1 N–H and O–H groups in total. The van der Waals surface area contributed by atoms with E-state index >= 15 is 0 Å². The Morgan fingerprint density at radius 1 is 1.22 bits per heavy atom. The number of hydrogen-bond donors (Lipinski definition) is 1. The van der Waals surface area contributed by atoms with Crippen molar-refractivity contribution in [1.29, 1.82) is 0 Å². The minimum Gasteiger partial charge on any atom is -0.386 e. The number of hydrogen-bond acceptors (Lipinski definition) is 3. The second kappa shape index (κ2) is 8.90. The molecular weight excluding hydrogens is 319 g/mol. The highest BCUT2D eigenvalue weighted by atomic mass is 35.5.